The maximum atomic E-state index is 9.70. The van der Waals surface area contributed by atoms with Crippen LogP contribution in [0.25, 0.3) is 0 Å². The molecule has 120 valence electrons. The van der Waals surface area contributed by atoms with E-state index in [2.05, 4.69) is 45.9 Å². The van der Waals surface area contributed by atoms with E-state index >= 15 is 0 Å². The highest BCUT2D eigenvalue weighted by Crippen LogP contribution is 2.31. The van der Waals surface area contributed by atoms with Crippen molar-refractivity contribution in [2.45, 2.75) is 79.2 Å². The van der Waals surface area contributed by atoms with E-state index in [0.29, 0.717) is 5.92 Å². The van der Waals surface area contributed by atoms with Gasteiger partial charge in [-0.05, 0) is 71.6 Å². The first kappa shape index (κ1) is 18.2. The Kier molecular flexibility index (Phi) is 6.93. The molecule has 2 aliphatic carbocycles. The summed E-state index contributed by atoms with van der Waals surface area (Å²) in [6.07, 6.45) is 12.7. The first-order valence-electron chi connectivity index (χ1n) is 8.44. The molecule has 2 rings (SSSR count). The molecule has 0 heterocycles. The zero-order valence-corrected chi connectivity index (χ0v) is 14.9. The molecule has 0 unspecified atom stereocenters. The van der Waals surface area contributed by atoms with Gasteiger partial charge in [-0.25, -0.2) is 0 Å². The number of hydrogen-bond donors (Lipinski definition) is 1. The Morgan fingerprint density at radius 2 is 1.71 bits per heavy atom. The summed E-state index contributed by atoms with van der Waals surface area (Å²) in [5.41, 5.74) is 4.11. The highest BCUT2D eigenvalue weighted by Gasteiger charge is 2.27. The molecule has 0 saturated carbocycles. The highest BCUT2D eigenvalue weighted by molar-refractivity contribution is 5.23. The van der Waals surface area contributed by atoms with Crippen molar-refractivity contribution in [1.82, 2.24) is 0 Å². The van der Waals surface area contributed by atoms with Gasteiger partial charge >= 0.3 is 0 Å². The predicted molar refractivity (Wildman–Crippen MR) is 93.3 cm³/mol. The van der Waals surface area contributed by atoms with Gasteiger partial charge in [0.1, 0.15) is 0 Å². The fourth-order valence-corrected chi connectivity index (χ4v) is 2.85. The Morgan fingerprint density at radius 3 is 2.10 bits per heavy atom. The maximum absolute atomic E-state index is 9.70. The van der Waals surface area contributed by atoms with Crippen molar-refractivity contribution in [2.24, 2.45) is 11.8 Å². The quantitative estimate of drug-likeness (QED) is 0.636. The third-order valence-corrected chi connectivity index (χ3v) is 4.77. The average Bonchev–Trinajstić information content (AvgIpc) is 2.39. The van der Waals surface area contributed by atoms with Crippen LogP contribution in [0.4, 0.5) is 0 Å². The van der Waals surface area contributed by atoms with Gasteiger partial charge in [0.05, 0.1) is 5.60 Å². The standard InChI is InChI=1S/C10H18O.C10H16/c1-8-4-6-9(7-5-8)10(2,3)11;1-8(2)10-6-4-9(3)5-7-10/h4,9,11H,5-7H2,1-3H3;4,6,8H,5,7H2,1-3H3/t9-;/m1./s1. The van der Waals surface area contributed by atoms with E-state index in [1.807, 2.05) is 13.8 Å². The van der Waals surface area contributed by atoms with Crippen LogP contribution < -0.4 is 0 Å². The molecule has 1 nitrogen and oxygen atoms in total. The van der Waals surface area contributed by atoms with E-state index in [4.69, 9.17) is 0 Å². The Balaban J connectivity index is 0.000000211. The van der Waals surface area contributed by atoms with Gasteiger partial charge in [-0.15, -0.1) is 0 Å². The summed E-state index contributed by atoms with van der Waals surface area (Å²) >= 11 is 0. The second-order valence-corrected chi connectivity index (χ2v) is 7.58. The van der Waals surface area contributed by atoms with E-state index in [-0.39, 0.29) is 0 Å². The molecular weight excluding hydrogens is 256 g/mol. The second kappa shape index (κ2) is 7.98. The number of allylic oxidation sites excluding steroid dienone is 6. The van der Waals surface area contributed by atoms with Gasteiger partial charge in [0.2, 0.25) is 0 Å². The zero-order valence-electron chi connectivity index (χ0n) is 14.9. The summed E-state index contributed by atoms with van der Waals surface area (Å²) in [7, 11) is 0. The molecule has 2 aliphatic rings. The number of rotatable bonds is 2. The summed E-state index contributed by atoms with van der Waals surface area (Å²) in [4.78, 5) is 0. The summed E-state index contributed by atoms with van der Waals surface area (Å²) in [6.45, 7) is 12.7. The van der Waals surface area contributed by atoms with Crippen molar-refractivity contribution in [2.75, 3.05) is 0 Å². The molecule has 0 bridgehead atoms. The van der Waals surface area contributed by atoms with E-state index in [1.165, 1.54) is 24.0 Å². The smallest absolute Gasteiger partial charge is 0.0622 e. The van der Waals surface area contributed by atoms with E-state index in [0.717, 1.165) is 25.2 Å². The van der Waals surface area contributed by atoms with Crippen molar-refractivity contribution < 1.29 is 5.11 Å². The van der Waals surface area contributed by atoms with Crippen LogP contribution in [0, 0.1) is 11.8 Å². The lowest BCUT2D eigenvalue weighted by Gasteiger charge is -2.31. The minimum absolute atomic E-state index is 0.464. The minimum atomic E-state index is -0.489. The molecule has 0 spiro atoms. The summed E-state index contributed by atoms with van der Waals surface area (Å²) in [5, 5.41) is 9.70. The van der Waals surface area contributed by atoms with Crippen LogP contribution in [0.3, 0.4) is 0 Å². The average molecular weight is 290 g/mol. The molecule has 1 N–H and O–H groups in total. The SMILES string of the molecule is CC1=CC=C(C(C)C)CC1.CC1=CC[C@@H](C(C)(C)O)CC1. The maximum Gasteiger partial charge on any atom is 0.0622 e. The Labute approximate surface area is 131 Å². The molecule has 0 aromatic heterocycles. The van der Waals surface area contributed by atoms with Gasteiger partial charge in [0.25, 0.3) is 0 Å². The molecule has 0 fully saturated rings. The topological polar surface area (TPSA) is 20.2 Å². The molecule has 0 aromatic carbocycles. The van der Waals surface area contributed by atoms with Crippen LogP contribution in [-0.2, 0) is 0 Å². The largest absolute Gasteiger partial charge is 0.390 e. The van der Waals surface area contributed by atoms with Crippen molar-refractivity contribution in [1.29, 1.82) is 0 Å². The van der Waals surface area contributed by atoms with Crippen LogP contribution in [0.15, 0.2) is 34.9 Å². The predicted octanol–water partition coefficient (Wildman–Crippen LogP) is 5.81. The van der Waals surface area contributed by atoms with Crippen LogP contribution in [0.5, 0.6) is 0 Å². The van der Waals surface area contributed by atoms with Gasteiger partial charge < -0.3 is 5.11 Å². The first-order chi connectivity index (χ1) is 9.70. The lowest BCUT2D eigenvalue weighted by molar-refractivity contribution is 0.0126. The molecule has 1 atom stereocenters. The van der Waals surface area contributed by atoms with E-state index in [9.17, 15) is 5.11 Å². The van der Waals surface area contributed by atoms with Crippen molar-refractivity contribution in [3.63, 3.8) is 0 Å². The van der Waals surface area contributed by atoms with Gasteiger partial charge in [-0.2, -0.15) is 0 Å². The zero-order chi connectivity index (χ0) is 16.0. The monoisotopic (exact) mass is 290 g/mol. The van der Waals surface area contributed by atoms with Crippen LogP contribution in [-0.4, -0.2) is 10.7 Å². The molecule has 1 heteroatoms. The minimum Gasteiger partial charge on any atom is -0.390 e. The number of aliphatic hydroxyl groups is 1. The lowest BCUT2D eigenvalue weighted by Crippen LogP contribution is -2.31. The Hall–Kier alpha value is -0.820. The molecule has 21 heavy (non-hydrogen) atoms. The third-order valence-electron chi connectivity index (χ3n) is 4.77. The van der Waals surface area contributed by atoms with Crippen LogP contribution in [0.2, 0.25) is 0 Å². The molecule has 0 amide bonds. The first-order valence-corrected chi connectivity index (χ1v) is 8.44. The number of hydrogen-bond acceptors (Lipinski definition) is 1. The normalized spacial score (nSPS) is 22.9. The van der Waals surface area contributed by atoms with Gasteiger partial charge in [-0.3, -0.25) is 0 Å². The van der Waals surface area contributed by atoms with E-state index < -0.39 is 5.60 Å². The summed E-state index contributed by atoms with van der Waals surface area (Å²) in [6, 6.07) is 0. The van der Waals surface area contributed by atoms with Crippen molar-refractivity contribution >= 4 is 0 Å². The fourth-order valence-electron chi connectivity index (χ4n) is 2.85. The third kappa shape index (κ3) is 6.65. The van der Waals surface area contributed by atoms with Crippen LogP contribution >= 0.6 is 0 Å². The van der Waals surface area contributed by atoms with Crippen molar-refractivity contribution in [3.8, 4) is 0 Å². The summed E-state index contributed by atoms with van der Waals surface area (Å²) in [5.74, 6) is 1.20. The summed E-state index contributed by atoms with van der Waals surface area (Å²) < 4.78 is 0. The molecule has 0 radical (unpaired) electrons. The van der Waals surface area contributed by atoms with Crippen LogP contribution in [0.1, 0.15) is 73.6 Å². The van der Waals surface area contributed by atoms with Crippen molar-refractivity contribution in [3.05, 3.63) is 34.9 Å². The Morgan fingerprint density at radius 1 is 1.05 bits per heavy atom. The highest BCUT2D eigenvalue weighted by atomic mass is 16.3. The van der Waals surface area contributed by atoms with Gasteiger partial charge in [-0.1, -0.05) is 48.8 Å². The molecular formula is C20H34O. The second-order valence-electron chi connectivity index (χ2n) is 7.58. The fraction of sp³-hybridized carbons (Fsp3) is 0.700. The van der Waals surface area contributed by atoms with E-state index in [1.54, 1.807) is 5.57 Å². The lowest BCUT2D eigenvalue weighted by atomic mass is 9.80. The molecule has 0 saturated heterocycles. The molecule has 0 aromatic rings. The van der Waals surface area contributed by atoms with Gasteiger partial charge in [0.15, 0.2) is 0 Å². The van der Waals surface area contributed by atoms with Gasteiger partial charge in [0, 0.05) is 0 Å². The molecule has 0 aliphatic heterocycles. The Bertz CT molecular complexity index is 416.